The summed E-state index contributed by atoms with van der Waals surface area (Å²) < 4.78 is 0. The molecule has 1 aliphatic rings. The molecule has 0 aliphatic heterocycles. The summed E-state index contributed by atoms with van der Waals surface area (Å²) in [5, 5.41) is 18.9. The molecule has 0 heterocycles. The van der Waals surface area contributed by atoms with Crippen molar-refractivity contribution < 1.29 is 34.5 Å². The van der Waals surface area contributed by atoms with Gasteiger partial charge in [0, 0.05) is 19.5 Å². The predicted octanol–water partition coefficient (Wildman–Crippen LogP) is 3.14. The third-order valence-corrected chi connectivity index (χ3v) is 3.34. The second-order valence-corrected chi connectivity index (χ2v) is 4.38. The Balaban J connectivity index is 0.00000144. The molecule has 0 spiro atoms. The Morgan fingerprint density at radius 3 is 2.41 bits per heavy atom. The third-order valence-electron chi connectivity index (χ3n) is 3.34. The molecule has 1 aromatic carbocycles. The molecule has 2 N–H and O–H groups in total. The van der Waals surface area contributed by atoms with E-state index in [4.69, 9.17) is 5.11 Å². The average Bonchev–Trinajstić information content (AvgIpc) is 2.30. The minimum atomic E-state index is -1.06. The van der Waals surface area contributed by atoms with Crippen molar-refractivity contribution in [2.45, 2.75) is 38.0 Å². The Morgan fingerprint density at radius 2 is 1.82 bits per heavy atom. The molecule has 4 heteroatoms. The van der Waals surface area contributed by atoms with Crippen molar-refractivity contribution in [1.82, 2.24) is 0 Å². The topological polar surface area (TPSA) is 57.5 Å². The Kier molecular flexibility index (Phi) is 5.13. The Hall–Kier alpha value is -0.887. The zero-order valence-corrected chi connectivity index (χ0v) is 12.8. The van der Waals surface area contributed by atoms with Crippen molar-refractivity contribution >= 4 is 5.97 Å². The molecule has 1 aliphatic carbocycles. The fourth-order valence-corrected chi connectivity index (χ4v) is 2.48. The van der Waals surface area contributed by atoms with Gasteiger partial charge >= 0.3 is 5.97 Å². The molecule has 1 aromatic rings. The first kappa shape index (κ1) is 14.2. The number of rotatable bonds is 2. The van der Waals surface area contributed by atoms with E-state index in [9.17, 15) is 9.90 Å². The van der Waals surface area contributed by atoms with Crippen molar-refractivity contribution in [2.24, 2.45) is 0 Å². The van der Waals surface area contributed by atoms with Crippen molar-refractivity contribution in [3.63, 3.8) is 0 Å². The minimum Gasteiger partial charge on any atom is -0.507 e. The molecule has 1 fully saturated rings. The fourth-order valence-electron chi connectivity index (χ4n) is 2.48. The second-order valence-electron chi connectivity index (χ2n) is 4.38. The zero-order valence-electron chi connectivity index (χ0n) is 9.85. The normalized spacial score (nSPS) is 16.2. The maximum absolute atomic E-state index is 10.9. The van der Waals surface area contributed by atoms with Gasteiger partial charge in [0.25, 0.3) is 0 Å². The second kappa shape index (κ2) is 6.16. The molecule has 0 amide bonds. The van der Waals surface area contributed by atoms with Crippen LogP contribution in [0.5, 0.6) is 5.75 Å². The quantitative estimate of drug-likeness (QED) is 0.821. The molecular weight excluding hydrogens is 270 g/mol. The van der Waals surface area contributed by atoms with E-state index in [2.05, 4.69) is 0 Å². The molecule has 0 bridgehead atoms. The molecule has 17 heavy (non-hydrogen) atoms. The van der Waals surface area contributed by atoms with Gasteiger partial charge in [-0.05, 0) is 30.4 Å². The number of aromatic carboxylic acids is 1. The van der Waals surface area contributed by atoms with Crippen molar-refractivity contribution in [2.75, 3.05) is 0 Å². The largest absolute Gasteiger partial charge is 0.507 e. The summed E-state index contributed by atoms with van der Waals surface area (Å²) in [6.45, 7) is 0. The molecule has 2 rings (SSSR count). The Labute approximate surface area is 114 Å². The van der Waals surface area contributed by atoms with Gasteiger partial charge in [-0.2, -0.15) is 0 Å². The van der Waals surface area contributed by atoms with Crippen molar-refractivity contribution in [3.05, 3.63) is 29.3 Å². The molecule has 1 saturated carbocycles. The van der Waals surface area contributed by atoms with Crippen molar-refractivity contribution in [3.8, 4) is 5.75 Å². The summed E-state index contributed by atoms with van der Waals surface area (Å²) in [6, 6.07) is 5.01. The van der Waals surface area contributed by atoms with Gasteiger partial charge in [-0.25, -0.2) is 4.79 Å². The predicted molar refractivity (Wildman–Crippen MR) is 60.9 cm³/mol. The Bertz CT molecular complexity index is 398. The average molecular weight is 286 g/mol. The van der Waals surface area contributed by atoms with Crippen LogP contribution >= 0.6 is 0 Å². The van der Waals surface area contributed by atoms with E-state index in [1.165, 1.54) is 25.3 Å². The smallest absolute Gasteiger partial charge is 0.339 e. The number of hydrogen-bond donors (Lipinski definition) is 2. The zero-order chi connectivity index (χ0) is 11.5. The van der Waals surface area contributed by atoms with Gasteiger partial charge in [-0.1, -0.05) is 31.4 Å². The first-order valence-corrected chi connectivity index (χ1v) is 5.75. The Morgan fingerprint density at radius 1 is 1.18 bits per heavy atom. The summed E-state index contributed by atoms with van der Waals surface area (Å²) in [7, 11) is 0. The van der Waals surface area contributed by atoms with Crippen molar-refractivity contribution in [1.29, 1.82) is 0 Å². The summed E-state index contributed by atoms with van der Waals surface area (Å²) in [6.07, 6.45) is 5.69. The molecule has 88 valence electrons. The first-order valence-electron chi connectivity index (χ1n) is 5.75. The summed E-state index contributed by atoms with van der Waals surface area (Å²) in [5.74, 6) is -0.773. The van der Waals surface area contributed by atoms with Gasteiger partial charge in [0.1, 0.15) is 11.3 Å². The number of benzene rings is 1. The molecular formula is C13H16O3Zn. The number of para-hydroxylation sites is 1. The minimum absolute atomic E-state index is 0. The van der Waals surface area contributed by atoms with Crippen LogP contribution in [-0.2, 0) is 19.5 Å². The van der Waals surface area contributed by atoms with E-state index in [1.54, 1.807) is 6.07 Å². The molecule has 0 saturated heterocycles. The SMILES string of the molecule is O=C(O)c1cccc(C2CCCCC2)c1O.[Zn]. The van der Waals surface area contributed by atoms with Gasteiger partial charge in [0.2, 0.25) is 0 Å². The van der Waals surface area contributed by atoms with E-state index in [-0.39, 0.29) is 30.8 Å². The van der Waals surface area contributed by atoms with Gasteiger partial charge in [-0.15, -0.1) is 0 Å². The third kappa shape index (κ3) is 3.07. The van der Waals surface area contributed by atoms with E-state index in [0.717, 1.165) is 18.4 Å². The van der Waals surface area contributed by atoms with Crippen LogP contribution in [0.15, 0.2) is 18.2 Å². The fraction of sp³-hybridized carbons (Fsp3) is 0.462. The van der Waals surface area contributed by atoms with Gasteiger partial charge in [0.15, 0.2) is 0 Å². The number of hydrogen-bond acceptors (Lipinski definition) is 2. The molecule has 0 radical (unpaired) electrons. The van der Waals surface area contributed by atoms with E-state index >= 15 is 0 Å². The number of carboxylic acid groups (broad SMARTS) is 1. The van der Waals surface area contributed by atoms with Crippen LogP contribution in [0.25, 0.3) is 0 Å². The standard InChI is InChI=1S/C13H16O3.Zn/c14-12-10(9-5-2-1-3-6-9)7-4-8-11(12)13(15)16;/h4,7-9,14H,1-3,5-6H2,(H,15,16);. The maximum atomic E-state index is 10.9. The first-order chi connectivity index (χ1) is 7.70. The van der Waals surface area contributed by atoms with Crippen LogP contribution in [-0.4, -0.2) is 16.2 Å². The van der Waals surface area contributed by atoms with Gasteiger partial charge in [-0.3, -0.25) is 0 Å². The number of aromatic hydroxyl groups is 1. The number of carboxylic acids is 1. The molecule has 3 nitrogen and oxygen atoms in total. The summed E-state index contributed by atoms with van der Waals surface area (Å²) in [4.78, 5) is 10.9. The van der Waals surface area contributed by atoms with Crippen LogP contribution in [0.2, 0.25) is 0 Å². The van der Waals surface area contributed by atoms with E-state index < -0.39 is 5.97 Å². The molecule has 0 aromatic heterocycles. The van der Waals surface area contributed by atoms with Crippen LogP contribution < -0.4 is 0 Å². The van der Waals surface area contributed by atoms with E-state index in [0.29, 0.717) is 5.92 Å². The monoisotopic (exact) mass is 284 g/mol. The van der Waals surface area contributed by atoms with Crippen LogP contribution in [0.3, 0.4) is 0 Å². The number of phenols is 1. The van der Waals surface area contributed by atoms with Crippen LogP contribution in [0.1, 0.15) is 53.9 Å². The van der Waals surface area contributed by atoms with Gasteiger partial charge in [0.05, 0.1) is 0 Å². The van der Waals surface area contributed by atoms with Crippen LogP contribution in [0, 0.1) is 0 Å². The summed E-state index contributed by atoms with van der Waals surface area (Å²) in [5.41, 5.74) is 0.822. The number of carbonyl (C=O) groups is 1. The molecule has 0 unspecified atom stereocenters. The van der Waals surface area contributed by atoms with Gasteiger partial charge < -0.3 is 10.2 Å². The summed E-state index contributed by atoms with van der Waals surface area (Å²) >= 11 is 0. The maximum Gasteiger partial charge on any atom is 0.339 e. The molecule has 0 atom stereocenters. The van der Waals surface area contributed by atoms with E-state index in [1.807, 2.05) is 6.07 Å². The van der Waals surface area contributed by atoms with Crippen LogP contribution in [0.4, 0.5) is 0 Å².